The highest BCUT2D eigenvalue weighted by Gasteiger charge is 2.19. The van der Waals surface area contributed by atoms with Crippen LogP contribution in [-0.4, -0.2) is 55.6 Å². The molecule has 2 aromatic rings. The van der Waals surface area contributed by atoms with E-state index in [-0.39, 0.29) is 24.0 Å². The van der Waals surface area contributed by atoms with Crippen molar-refractivity contribution in [1.82, 2.24) is 24.7 Å². The number of hydrogen-bond acceptors (Lipinski definition) is 5. The highest BCUT2D eigenvalue weighted by atomic mass is 127. The predicted molar refractivity (Wildman–Crippen MR) is 120 cm³/mol. The molecule has 27 heavy (non-hydrogen) atoms. The van der Waals surface area contributed by atoms with E-state index in [2.05, 4.69) is 20.7 Å². The third kappa shape index (κ3) is 7.39. The van der Waals surface area contributed by atoms with Gasteiger partial charge in [-0.15, -0.1) is 35.3 Å². The molecular weight excluding hydrogens is 499 g/mol. The Labute approximate surface area is 182 Å². The van der Waals surface area contributed by atoms with Crippen LogP contribution in [0.25, 0.3) is 0 Å². The lowest BCUT2D eigenvalue weighted by Crippen LogP contribution is -2.38. The van der Waals surface area contributed by atoms with Gasteiger partial charge in [0, 0.05) is 51.0 Å². The first-order valence-electron chi connectivity index (χ1n) is 8.44. The molecule has 0 aromatic carbocycles. The van der Waals surface area contributed by atoms with Crippen molar-refractivity contribution in [2.24, 2.45) is 4.99 Å². The summed E-state index contributed by atoms with van der Waals surface area (Å²) in [6.07, 6.45) is 4.64. The molecule has 2 N–H and O–H groups in total. The number of rotatable bonds is 9. The van der Waals surface area contributed by atoms with E-state index in [1.54, 1.807) is 12.3 Å². The Bertz CT molecular complexity index is 803. The molecule has 0 aliphatic rings. The minimum atomic E-state index is -3.38. The fourth-order valence-electron chi connectivity index (χ4n) is 2.14. The summed E-state index contributed by atoms with van der Waals surface area (Å²) < 4.78 is 27.7. The Morgan fingerprint density at radius 2 is 2.11 bits per heavy atom. The fraction of sp³-hybridized carbons (Fsp3) is 0.500. The average molecular weight is 526 g/mol. The first-order valence-corrected chi connectivity index (χ1v) is 10.7. The van der Waals surface area contributed by atoms with E-state index in [0.29, 0.717) is 10.8 Å². The van der Waals surface area contributed by atoms with Gasteiger partial charge in [0.2, 0.25) is 0 Å². The minimum absolute atomic E-state index is 0. The van der Waals surface area contributed by atoms with E-state index in [1.165, 1.54) is 29.7 Å². The largest absolute Gasteiger partial charge is 0.357 e. The maximum Gasteiger partial charge on any atom is 0.252 e. The average Bonchev–Trinajstić information content (AvgIpc) is 3.28. The molecule has 0 fully saturated rings. The Morgan fingerprint density at radius 1 is 1.33 bits per heavy atom. The van der Waals surface area contributed by atoms with Crippen LogP contribution in [0.3, 0.4) is 0 Å². The lowest BCUT2D eigenvalue weighted by Gasteiger charge is -2.11. The van der Waals surface area contributed by atoms with Crippen LogP contribution in [-0.2, 0) is 23.1 Å². The van der Waals surface area contributed by atoms with Crippen LogP contribution >= 0.6 is 35.3 Å². The molecule has 11 heteroatoms. The van der Waals surface area contributed by atoms with Crippen LogP contribution in [0.4, 0.5) is 0 Å². The van der Waals surface area contributed by atoms with Gasteiger partial charge in [-0.25, -0.2) is 17.7 Å². The summed E-state index contributed by atoms with van der Waals surface area (Å²) in [6, 6.07) is 5.35. The molecule has 0 radical (unpaired) electrons. The van der Waals surface area contributed by atoms with Gasteiger partial charge in [-0.3, -0.25) is 4.68 Å². The second-order valence-electron chi connectivity index (χ2n) is 5.75. The van der Waals surface area contributed by atoms with Gasteiger partial charge in [0.15, 0.2) is 5.96 Å². The number of sulfonamides is 1. The van der Waals surface area contributed by atoms with E-state index in [1.807, 2.05) is 29.9 Å². The third-order valence-electron chi connectivity index (χ3n) is 3.52. The summed E-state index contributed by atoms with van der Waals surface area (Å²) in [6.45, 7) is 4.82. The summed E-state index contributed by atoms with van der Waals surface area (Å²) >= 11 is 1.25. The van der Waals surface area contributed by atoms with Gasteiger partial charge in [0.25, 0.3) is 10.0 Å². The number of aromatic nitrogens is 2. The van der Waals surface area contributed by atoms with E-state index >= 15 is 0 Å². The van der Waals surface area contributed by atoms with Gasteiger partial charge < -0.3 is 10.6 Å². The summed E-state index contributed by atoms with van der Waals surface area (Å²) in [7, 11) is -0.318. The lowest BCUT2D eigenvalue weighted by atomic mass is 10.4. The first-order chi connectivity index (χ1) is 12.4. The van der Waals surface area contributed by atoms with Crippen molar-refractivity contribution in [3.63, 3.8) is 0 Å². The molecule has 2 heterocycles. The van der Waals surface area contributed by atoms with E-state index in [0.717, 1.165) is 36.9 Å². The van der Waals surface area contributed by atoms with Crippen molar-refractivity contribution < 1.29 is 8.42 Å². The molecule has 0 saturated heterocycles. The van der Waals surface area contributed by atoms with Gasteiger partial charge in [-0.2, -0.15) is 5.10 Å². The standard InChI is InChI=1S/C16H26N6O2S2.HI/c1-4-17-16(18-9-5-11-22-12-6-10-20-22)19-13-14-7-8-15(25-14)26(23,24)21(2)3;/h6-8,10,12H,4-5,9,11,13H2,1-3H3,(H2,17,18,19);1H. The Hall–Kier alpha value is -1.18. The zero-order valence-electron chi connectivity index (χ0n) is 15.8. The van der Waals surface area contributed by atoms with E-state index in [4.69, 9.17) is 0 Å². The second kappa shape index (κ2) is 11.6. The van der Waals surface area contributed by atoms with Gasteiger partial charge in [-0.1, -0.05) is 0 Å². The molecule has 0 aliphatic heterocycles. The van der Waals surface area contributed by atoms with Gasteiger partial charge in [0.1, 0.15) is 4.21 Å². The van der Waals surface area contributed by atoms with Crippen molar-refractivity contribution in [3.05, 3.63) is 35.5 Å². The number of halogens is 1. The molecule has 0 saturated carbocycles. The predicted octanol–water partition coefficient (Wildman–Crippen LogP) is 1.96. The molecule has 8 nitrogen and oxygen atoms in total. The maximum atomic E-state index is 12.1. The third-order valence-corrected chi connectivity index (χ3v) is 6.88. The summed E-state index contributed by atoms with van der Waals surface area (Å²) in [5.41, 5.74) is 0. The van der Waals surface area contributed by atoms with Crippen LogP contribution in [0, 0.1) is 0 Å². The molecule has 0 unspecified atom stereocenters. The van der Waals surface area contributed by atoms with Crippen LogP contribution in [0.5, 0.6) is 0 Å². The number of aliphatic imine (C=N–C) groups is 1. The SMILES string of the molecule is CCNC(=NCc1ccc(S(=O)(=O)N(C)C)s1)NCCCn1cccn1.I. The quantitative estimate of drug-likeness (QED) is 0.226. The second-order valence-corrected chi connectivity index (χ2v) is 9.30. The molecule has 0 atom stereocenters. The van der Waals surface area contributed by atoms with Crippen molar-refractivity contribution in [1.29, 1.82) is 0 Å². The molecule has 0 bridgehead atoms. The smallest absolute Gasteiger partial charge is 0.252 e. The number of aryl methyl sites for hydroxylation is 1. The molecule has 0 spiro atoms. The summed E-state index contributed by atoms with van der Waals surface area (Å²) in [5.74, 6) is 0.721. The van der Waals surface area contributed by atoms with E-state index in [9.17, 15) is 8.42 Å². The van der Waals surface area contributed by atoms with Crippen molar-refractivity contribution in [2.45, 2.75) is 30.6 Å². The Balaban J connectivity index is 0.00000364. The number of guanidine groups is 1. The number of thiophene rings is 1. The molecule has 152 valence electrons. The fourth-order valence-corrected chi connectivity index (χ4v) is 4.59. The van der Waals surface area contributed by atoms with Crippen LogP contribution in [0.15, 0.2) is 39.8 Å². The topological polar surface area (TPSA) is 91.6 Å². The van der Waals surface area contributed by atoms with Crippen molar-refractivity contribution in [2.75, 3.05) is 27.2 Å². The zero-order valence-corrected chi connectivity index (χ0v) is 19.7. The molecule has 0 amide bonds. The molecular formula is C16H27IN6O2S2. The van der Waals surface area contributed by atoms with Crippen LogP contribution in [0.1, 0.15) is 18.2 Å². The molecule has 2 rings (SSSR count). The molecule has 0 aliphatic carbocycles. The normalized spacial score (nSPS) is 12.1. The highest BCUT2D eigenvalue weighted by molar-refractivity contribution is 14.0. The van der Waals surface area contributed by atoms with Gasteiger partial charge >= 0.3 is 0 Å². The zero-order chi connectivity index (χ0) is 19.0. The monoisotopic (exact) mass is 526 g/mol. The number of nitrogens with one attached hydrogen (secondary N) is 2. The van der Waals surface area contributed by atoms with Crippen LogP contribution in [0.2, 0.25) is 0 Å². The van der Waals surface area contributed by atoms with Crippen molar-refractivity contribution in [3.8, 4) is 0 Å². The first kappa shape index (κ1) is 23.9. The number of nitrogens with zero attached hydrogens (tertiary/aromatic N) is 4. The summed E-state index contributed by atoms with van der Waals surface area (Å²) in [5, 5.41) is 10.7. The minimum Gasteiger partial charge on any atom is -0.357 e. The Morgan fingerprint density at radius 3 is 2.74 bits per heavy atom. The van der Waals surface area contributed by atoms with E-state index < -0.39 is 10.0 Å². The maximum absolute atomic E-state index is 12.1. The highest BCUT2D eigenvalue weighted by Crippen LogP contribution is 2.24. The van der Waals surface area contributed by atoms with Crippen LogP contribution < -0.4 is 10.6 Å². The Kier molecular flexibility index (Phi) is 10.3. The molecule has 2 aromatic heterocycles. The number of hydrogen-bond donors (Lipinski definition) is 2. The summed E-state index contributed by atoms with van der Waals surface area (Å²) in [4.78, 5) is 5.43. The lowest BCUT2D eigenvalue weighted by molar-refractivity contribution is 0.523. The van der Waals surface area contributed by atoms with Gasteiger partial charge in [-0.05, 0) is 31.5 Å². The van der Waals surface area contributed by atoms with Gasteiger partial charge in [0.05, 0.1) is 6.54 Å². The van der Waals surface area contributed by atoms with Crippen molar-refractivity contribution >= 4 is 51.3 Å².